The van der Waals surface area contributed by atoms with E-state index in [1.54, 1.807) is 16.2 Å². The molecule has 21 heavy (non-hydrogen) atoms. The van der Waals surface area contributed by atoms with Gasteiger partial charge in [0, 0.05) is 11.4 Å². The second-order valence-electron chi connectivity index (χ2n) is 5.75. The third-order valence-corrected chi connectivity index (χ3v) is 5.71. The second-order valence-corrected chi connectivity index (χ2v) is 6.76. The van der Waals surface area contributed by atoms with Crippen LogP contribution in [0.4, 0.5) is 0 Å². The maximum atomic E-state index is 13.0. The number of thiophene rings is 1. The predicted octanol–water partition coefficient (Wildman–Crippen LogP) is 1.79. The molecular weight excluding hydrogens is 288 g/mol. The van der Waals surface area contributed by atoms with Crippen LogP contribution in [0.5, 0.6) is 0 Å². The summed E-state index contributed by atoms with van der Waals surface area (Å²) in [6, 6.07) is 1.01. The first-order chi connectivity index (χ1) is 10.1. The summed E-state index contributed by atoms with van der Waals surface area (Å²) in [4.78, 5) is 27.4. The van der Waals surface area contributed by atoms with E-state index in [1.165, 1.54) is 0 Å². The highest BCUT2D eigenvalue weighted by Crippen LogP contribution is 2.36. The van der Waals surface area contributed by atoms with Crippen molar-refractivity contribution in [3.8, 4) is 0 Å². The zero-order valence-corrected chi connectivity index (χ0v) is 12.9. The topological polar surface area (TPSA) is 69.6 Å². The average Bonchev–Trinajstić information content (AvgIpc) is 3.14. The van der Waals surface area contributed by atoms with Crippen LogP contribution in [0.2, 0.25) is 0 Å². The normalized spacial score (nSPS) is 28.4. The number of carbonyl (C=O) groups is 2. The summed E-state index contributed by atoms with van der Waals surface area (Å²) < 4.78 is 0. The highest BCUT2D eigenvalue weighted by Gasteiger charge is 2.46. The van der Waals surface area contributed by atoms with Crippen LogP contribution in [0.25, 0.3) is 0 Å². The molecule has 0 bridgehead atoms. The number of nitrogens with zero attached hydrogens (tertiary/aromatic N) is 1. The molecule has 1 aromatic rings. The van der Waals surface area contributed by atoms with E-state index in [0.29, 0.717) is 13.0 Å². The van der Waals surface area contributed by atoms with Crippen LogP contribution in [-0.2, 0) is 16.0 Å². The monoisotopic (exact) mass is 308 g/mol. The van der Waals surface area contributed by atoms with Crippen molar-refractivity contribution >= 4 is 23.2 Å². The number of carbonyl (C=O) groups excluding carboxylic acids is 1. The molecule has 114 valence electrons. The fourth-order valence-corrected chi connectivity index (χ4v) is 4.42. The van der Waals surface area contributed by atoms with E-state index in [2.05, 4.69) is 5.32 Å². The van der Waals surface area contributed by atoms with E-state index < -0.39 is 17.6 Å². The van der Waals surface area contributed by atoms with Gasteiger partial charge in [-0.1, -0.05) is 6.92 Å². The number of hydrogen-bond donors (Lipinski definition) is 2. The number of nitrogens with one attached hydrogen (secondary N) is 1. The maximum Gasteiger partial charge on any atom is 0.331 e. The highest BCUT2D eigenvalue weighted by molar-refractivity contribution is 7.10. The molecule has 0 saturated carbocycles. The molecule has 6 heteroatoms. The van der Waals surface area contributed by atoms with Gasteiger partial charge in [0.1, 0.15) is 0 Å². The van der Waals surface area contributed by atoms with Crippen molar-refractivity contribution in [3.05, 3.63) is 21.9 Å². The minimum Gasteiger partial charge on any atom is -0.479 e. The number of rotatable bonds is 3. The highest BCUT2D eigenvalue weighted by atomic mass is 32.1. The van der Waals surface area contributed by atoms with E-state index in [-0.39, 0.29) is 5.91 Å². The van der Waals surface area contributed by atoms with Gasteiger partial charge in [0.15, 0.2) is 6.04 Å². The van der Waals surface area contributed by atoms with Gasteiger partial charge in [0.25, 0.3) is 0 Å². The van der Waals surface area contributed by atoms with Gasteiger partial charge < -0.3 is 15.3 Å². The van der Waals surface area contributed by atoms with Crippen LogP contribution in [-0.4, -0.2) is 40.5 Å². The van der Waals surface area contributed by atoms with Crippen LogP contribution in [0.3, 0.4) is 0 Å². The molecule has 2 atom stereocenters. The number of hydrogen-bond acceptors (Lipinski definition) is 4. The van der Waals surface area contributed by atoms with Crippen molar-refractivity contribution in [3.63, 3.8) is 0 Å². The molecule has 2 N–H and O–H groups in total. The molecule has 2 aliphatic rings. The minimum absolute atomic E-state index is 0.0493. The summed E-state index contributed by atoms with van der Waals surface area (Å²) >= 11 is 1.58. The molecule has 1 amide bonds. The average molecular weight is 308 g/mol. The SMILES string of the molecule is CCC1(C(=O)N2CCc3sccc3C2C(=O)O)CCCN1. The number of aliphatic carboxylic acids is 1. The Labute approximate surface area is 128 Å². The Morgan fingerprint density at radius 1 is 1.57 bits per heavy atom. The van der Waals surface area contributed by atoms with Gasteiger partial charge in [-0.05, 0) is 49.2 Å². The molecule has 3 rings (SSSR count). The first kappa shape index (κ1) is 14.5. The van der Waals surface area contributed by atoms with Gasteiger partial charge in [-0.25, -0.2) is 4.79 Å². The number of amides is 1. The zero-order chi connectivity index (χ0) is 15.0. The summed E-state index contributed by atoms with van der Waals surface area (Å²) in [7, 11) is 0. The van der Waals surface area contributed by atoms with Crippen molar-refractivity contribution in [2.45, 2.75) is 44.2 Å². The molecule has 3 heterocycles. The first-order valence-electron chi connectivity index (χ1n) is 7.44. The van der Waals surface area contributed by atoms with E-state index >= 15 is 0 Å². The number of carboxylic acid groups (broad SMARTS) is 1. The molecule has 5 nitrogen and oxygen atoms in total. The van der Waals surface area contributed by atoms with Crippen molar-refractivity contribution < 1.29 is 14.7 Å². The van der Waals surface area contributed by atoms with Crippen molar-refractivity contribution in [2.24, 2.45) is 0 Å². The molecule has 1 fully saturated rings. The van der Waals surface area contributed by atoms with Crippen molar-refractivity contribution in [1.29, 1.82) is 0 Å². The first-order valence-corrected chi connectivity index (χ1v) is 8.32. The summed E-state index contributed by atoms with van der Waals surface area (Å²) in [5.74, 6) is -0.987. The fourth-order valence-electron chi connectivity index (χ4n) is 3.52. The lowest BCUT2D eigenvalue weighted by molar-refractivity contribution is -0.154. The van der Waals surface area contributed by atoms with E-state index in [1.807, 2.05) is 18.4 Å². The van der Waals surface area contributed by atoms with Crippen LogP contribution in [0, 0.1) is 0 Å². The lowest BCUT2D eigenvalue weighted by Crippen LogP contribution is -2.57. The van der Waals surface area contributed by atoms with Crippen LogP contribution >= 0.6 is 11.3 Å². The van der Waals surface area contributed by atoms with Crippen molar-refractivity contribution in [1.82, 2.24) is 10.2 Å². The maximum absolute atomic E-state index is 13.0. The second kappa shape index (κ2) is 5.42. The third kappa shape index (κ3) is 2.26. The predicted molar refractivity (Wildman–Crippen MR) is 80.4 cm³/mol. The van der Waals surface area contributed by atoms with E-state index in [9.17, 15) is 14.7 Å². The Kier molecular flexibility index (Phi) is 3.75. The van der Waals surface area contributed by atoms with Crippen LogP contribution < -0.4 is 5.32 Å². The fraction of sp³-hybridized carbons (Fsp3) is 0.600. The summed E-state index contributed by atoms with van der Waals surface area (Å²) in [6.07, 6.45) is 3.21. The standard InChI is InChI=1S/C15H20N2O3S/c1-2-15(6-3-7-16-15)14(20)17-8-4-11-10(5-9-21-11)12(17)13(18)19/h5,9,12,16H,2-4,6-8H2,1H3,(H,18,19). The largest absolute Gasteiger partial charge is 0.479 e. The molecule has 0 radical (unpaired) electrons. The van der Waals surface area contributed by atoms with Gasteiger partial charge >= 0.3 is 5.97 Å². The lowest BCUT2D eigenvalue weighted by Gasteiger charge is -2.39. The Balaban J connectivity index is 1.94. The van der Waals surface area contributed by atoms with Gasteiger partial charge in [0.2, 0.25) is 5.91 Å². The molecule has 0 aromatic carbocycles. The van der Waals surface area contributed by atoms with Gasteiger partial charge in [-0.3, -0.25) is 4.79 Å². The smallest absolute Gasteiger partial charge is 0.331 e. The van der Waals surface area contributed by atoms with Gasteiger partial charge in [-0.2, -0.15) is 0 Å². The Morgan fingerprint density at radius 3 is 3.00 bits per heavy atom. The molecule has 1 aromatic heterocycles. The number of carboxylic acids is 1. The molecule has 1 saturated heterocycles. The Bertz CT molecular complexity index is 563. The zero-order valence-electron chi connectivity index (χ0n) is 12.1. The molecule has 0 spiro atoms. The van der Waals surface area contributed by atoms with Gasteiger partial charge in [0.05, 0.1) is 5.54 Å². The molecular formula is C15H20N2O3S. The molecule has 2 unspecified atom stereocenters. The van der Waals surface area contributed by atoms with Gasteiger partial charge in [-0.15, -0.1) is 11.3 Å². The lowest BCUT2D eigenvalue weighted by atomic mass is 9.89. The van der Waals surface area contributed by atoms with Crippen LogP contribution in [0.1, 0.15) is 42.7 Å². The summed E-state index contributed by atoms with van der Waals surface area (Å²) in [6.45, 7) is 3.31. The summed E-state index contributed by atoms with van der Waals surface area (Å²) in [5, 5.41) is 14.8. The van der Waals surface area contributed by atoms with E-state index in [0.717, 1.165) is 36.2 Å². The van der Waals surface area contributed by atoms with E-state index in [4.69, 9.17) is 0 Å². The third-order valence-electron chi connectivity index (χ3n) is 4.72. The summed E-state index contributed by atoms with van der Waals surface area (Å²) in [5.41, 5.74) is 0.220. The molecule has 2 aliphatic heterocycles. The minimum atomic E-state index is -0.938. The quantitative estimate of drug-likeness (QED) is 0.893. The Morgan fingerprint density at radius 2 is 2.38 bits per heavy atom. The van der Waals surface area contributed by atoms with Crippen molar-refractivity contribution in [2.75, 3.05) is 13.1 Å². The number of fused-ring (bicyclic) bond motifs is 1. The van der Waals surface area contributed by atoms with Crippen LogP contribution in [0.15, 0.2) is 11.4 Å². The molecule has 0 aliphatic carbocycles. The Hall–Kier alpha value is -1.40.